The number of carbonyl (C=O) groups excluding carboxylic acids is 1. The molecule has 0 aliphatic carbocycles. The van der Waals surface area contributed by atoms with Crippen molar-refractivity contribution in [2.45, 2.75) is 53.9 Å². The molecule has 19 heavy (non-hydrogen) atoms. The first-order valence-corrected chi connectivity index (χ1v) is 7.37. The fraction of sp³-hybridized carbons (Fsp3) is 0.562. The van der Waals surface area contributed by atoms with E-state index in [2.05, 4.69) is 43.9 Å². The molecule has 0 N–H and O–H groups in total. The van der Waals surface area contributed by atoms with Crippen molar-refractivity contribution in [3.63, 3.8) is 0 Å². The van der Waals surface area contributed by atoms with E-state index in [1.54, 1.807) is 0 Å². The zero-order valence-corrected chi connectivity index (χ0v) is 14.2. The van der Waals surface area contributed by atoms with E-state index < -0.39 is 0 Å². The van der Waals surface area contributed by atoms with Crippen LogP contribution in [0.5, 0.6) is 0 Å². The number of hydrogen-bond acceptors (Lipinski definition) is 1. The Kier molecular flexibility index (Phi) is 8.22. The Morgan fingerprint density at radius 3 is 1.68 bits per heavy atom. The molecule has 0 aliphatic heterocycles. The van der Waals surface area contributed by atoms with Crippen LogP contribution in [0.2, 0.25) is 0 Å². The fourth-order valence-corrected chi connectivity index (χ4v) is 2.70. The van der Waals surface area contributed by atoms with Crippen molar-refractivity contribution in [3.8, 4) is 0 Å². The average Bonchev–Trinajstić information content (AvgIpc) is 2.34. The number of unbranched alkanes of at least 4 members (excludes halogenated alkanes) is 1. The molecule has 0 atom stereocenters. The van der Waals surface area contributed by atoms with Crippen LogP contribution in [0.4, 0.5) is 0 Å². The Morgan fingerprint density at radius 1 is 0.842 bits per heavy atom. The van der Waals surface area contributed by atoms with E-state index in [1.165, 1.54) is 27.8 Å². The van der Waals surface area contributed by atoms with Gasteiger partial charge in [-0.2, -0.15) is 6.16 Å². The maximum Gasteiger partial charge on any atom is 1.00 e. The van der Waals surface area contributed by atoms with Crippen LogP contribution >= 0.6 is 9.24 Å². The minimum Gasteiger partial charge on any atom is -0.558 e. The van der Waals surface area contributed by atoms with Crippen LogP contribution in [-0.2, 0) is 0 Å². The van der Waals surface area contributed by atoms with Crippen LogP contribution in [0.25, 0.3) is 0 Å². The number of carbonyl (C=O) groups is 1. The number of benzene rings is 1. The molecule has 0 bridgehead atoms. The van der Waals surface area contributed by atoms with Crippen molar-refractivity contribution in [1.29, 1.82) is 0 Å². The third kappa shape index (κ3) is 4.19. The van der Waals surface area contributed by atoms with Crippen LogP contribution < -0.4 is 18.9 Å². The molecule has 0 saturated heterocycles. The summed E-state index contributed by atoms with van der Waals surface area (Å²) < 4.78 is 0. The van der Waals surface area contributed by atoms with Gasteiger partial charge in [-0.1, -0.05) is 6.42 Å². The Hall–Kier alpha value is -0.0826. The van der Waals surface area contributed by atoms with Crippen LogP contribution in [-0.4, -0.2) is 11.9 Å². The van der Waals surface area contributed by atoms with Gasteiger partial charge in [-0.3, -0.25) is 4.79 Å². The maximum absolute atomic E-state index is 12.4. The van der Waals surface area contributed by atoms with Gasteiger partial charge in [0.2, 0.25) is 0 Å². The van der Waals surface area contributed by atoms with Crippen molar-refractivity contribution < 1.29 is 23.7 Å². The van der Waals surface area contributed by atoms with Gasteiger partial charge in [0.1, 0.15) is 0 Å². The summed E-state index contributed by atoms with van der Waals surface area (Å²) in [6, 6.07) is 0. The predicted octanol–water partition coefficient (Wildman–Crippen LogP) is 1.73. The zero-order chi connectivity index (χ0) is 13.9. The summed E-state index contributed by atoms with van der Waals surface area (Å²) in [7, 11) is 3.45. The van der Waals surface area contributed by atoms with Crippen LogP contribution in [0.15, 0.2) is 0 Å². The Bertz CT molecular complexity index is 437. The molecule has 1 aromatic rings. The summed E-state index contributed by atoms with van der Waals surface area (Å²) in [5.41, 5.74) is 7.15. The van der Waals surface area contributed by atoms with Gasteiger partial charge >= 0.3 is 18.9 Å². The number of ketones is 1. The predicted molar refractivity (Wildman–Crippen MR) is 81.5 cm³/mol. The summed E-state index contributed by atoms with van der Waals surface area (Å²) in [5.74, 6) is 0.302. The van der Waals surface area contributed by atoms with Crippen LogP contribution in [0.3, 0.4) is 0 Å². The standard InChI is InChI=1S/C16H24OP.Li/c1-10-11(2)13(4)16(14(5)12(10)3)15(17)8-6-7-9-18;/h18H,6-9H2,1-5H3;/q-1;+1. The second-order valence-electron chi connectivity index (χ2n) is 5.13. The quantitative estimate of drug-likeness (QED) is 0.345. The molecule has 0 spiro atoms. The summed E-state index contributed by atoms with van der Waals surface area (Å²) in [6.07, 6.45) is 3.66. The van der Waals surface area contributed by atoms with Crippen LogP contribution in [0.1, 0.15) is 57.4 Å². The molecule has 0 fully saturated rings. The van der Waals surface area contributed by atoms with Crippen molar-refractivity contribution in [2.75, 3.05) is 6.16 Å². The van der Waals surface area contributed by atoms with Crippen molar-refractivity contribution in [2.24, 2.45) is 0 Å². The van der Waals surface area contributed by atoms with Gasteiger partial charge in [-0.15, -0.1) is 0 Å². The second-order valence-corrected chi connectivity index (χ2v) is 5.63. The first-order chi connectivity index (χ1) is 8.41. The zero-order valence-electron chi connectivity index (χ0n) is 13.2. The summed E-state index contributed by atoms with van der Waals surface area (Å²) in [5, 5.41) is 0. The molecule has 0 heterocycles. The molecule has 1 nitrogen and oxygen atoms in total. The molecule has 0 radical (unpaired) electrons. The minimum absolute atomic E-state index is 0. The molecule has 0 aliphatic rings. The van der Waals surface area contributed by atoms with Gasteiger partial charge in [0.25, 0.3) is 0 Å². The van der Waals surface area contributed by atoms with E-state index in [9.17, 15) is 4.79 Å². The van der Waals surface area contributed by atoms with Gasteiger partial charge in [0.15, 0.2) is 5.78 Å². The van der Waals surface area contributed by atoms with E-state index in [4.69, 9.17) is 0 Å². The van der Waals surface area contributed by atoms with E-state index >= 15 is 0 Å². The van der Waals surface area contributed by atoms with Gasteiger partial charge in [0, 0.05) is 12.0 Å². The smallest absolute Gasteiger partial charge is 0.558 e. The average molecular weight is 270 g/mol. The molecule has 0 aromatic heterocycles. The normalized spacial score (nSPS) is 10.2. The molecule has 100 valence electrons. The molecule has 3 heteroatoms. The molecule has 1 aromatic carbocycles. The van der Waals surface area contributed by atoms with Crippen molar-refractivity contribution in [1.82, 2.24) is 0 Å². The number of Topliss-reactive ketones (excluding diaryl/α,β-unsaturated/α-hetero) is 1. The van der Waals surface area contributed by atoms with Crippen LogP contribution in [0, 0.1) is 34.6 Å². The Labute approximate surface area is 132 Å². The fourth-order valence-electron chi connectivity index (χ4n) is 2.45. The van der Waals surface area contributed by atoms with E-state index in [0.717, 1.165) is 24.6 Å². The maximum atomic E-state index is 12.4. The molecule has 0 saturated carbocycles. The van der Waals surface area contributed by atoms with E-state index in [-0.39, 0.29) is 18.9 Å². The topological polar surface area (TPSA) is 17.1 Å². The first-order valence-electron chi connectivity index (χ1n) is 6.66. The SMILES string of the molecule is Cc1c(C)c(C)c(C(=O)CCCC[PH-])c(C)c1C.[Li+]. The van der Waals surface area contributed by atoms with Gasteiger partial charge < -0.3 is 9.24 Å². The minimum atomic E-state index is 0. The summed E-state index contributed by atoms with van der Waals surface area (Å²) in [4.78, 5) is 12.4. The Balaban J connectivity index is 0.00000324. The van der Waals surface area contributed by atoms with Gasteiger partial charge in [-0.05, 0) is 68.9 Å². The molecular formula is C16H24LiOP. The molecule has 0 amide bonds. The van der Waals surface area contributed by atoms with E-state index in [1.807, 2.05) is 0 Å². The first kappa shape index (κ1) is 18.9. The summed E-state index contributed by atoms with van der Waals surface area (Å²) in [6.45, 7) is 10.5. The van der Waals surface area contributed by atoms with Gasteiger partial charge in [-0.25, -0.2) is 0 Å². The largest absolute Gasteiger partial charge is 1.00 e. The number of rotatable bonds is 5. The van der Waals surface area contributed by atoms with Crippen molar-refractivity contribution in [3.05, 3.63) is 33.4 Å². The van der Waals surface area contributed by atoms with E-state index in [0.29, 0.717) is 12.2 Å². The molecule has 0 unspecified atom stereocenters. The third-order valence-corrected chi connectivity index (χ3v) is 4.46. The monoisotopic (exact) mass is 270 g/mol. The summed E-state index contributed by atoms with van der Waals surface area (Å²) >= 11 is 0. The third-order valence-electron chi connectivity index (χ3n) is 4.11. The Morgan fingerprint density at radius 2 is 1.26 bits per heavy atom. The van der Waals surface area contributed by atoms with Gasteiger partial charge in [0.05, 0.1) is 0 Å². The number of hydrogen-bond donors (Lipinski definition) is 0. The van der Waals surface area contributed by atoms with Crippen molar-refractivity contribution >= 4 is 15.0 Å². The molecular weight excluding hydrogens is 246 g/mol. The second kappa shape index (κ2) is 8.26. The molecule has 1 rings (SSSR count).